The van der Waals surface area contributed by atoms with Crippen molar-refractivity contribution in [2.45, 2.75) is 25.7 Å². The number of hydrogen-bond donors (Lipinski definition) is 0. The molecular formula is C23H21N5O3. The highest BCUT2D eigenvalue weighted by Gasteiger charge is 2.30. The Morgan fingerprint density at radius 2 is 1.81 bits per heavy atom. The second kappa shape index (κ2) is 7.79. The predicted octanol–water partition coefficient (Wildman–Crippen LogP) is 3.10. The first-order chi connectivity index (χ1) is 15.1. The number of hydrogen-bond acceptors (Lipinski definition) is 6. The number of carbonyl (C=O) groups excluding carboxylic acids is 1. The molecule has 0 radical (unpaired) electrons. The number of likely N-dealkylation sites (tertiary alicyclic amines) is 1. The van der Waals surface area contributed by atoms with Crippen LogP contribution in [-0.4, -0.2) is 43.8 Å². The number of carbonyl (C=O) groups is 1. The molecule has 0 aliphatic carbocycles. The van der Waals surface area contributed by atoms with Gasteiger partial charge >= 0.3 is 0 Å². The van der Waals surface area contributed by atoms with E-state index in [0.29, 0.717) is 41.3 Å². The molecule has 2 aromatic heterocycles. The zero-order valence-corrected chi connectivity index (χ0v) is 17.1. The van der Waals surface area contributed by atoms with E-state index in [-0.39, 0.29) is 23.1 Å². The van der Waals surface area contributed by atoms with Crippen LogP contribution in [-0.2, 0) is 0 Å². The lowest BCUT2D eigenvalue weighted by Crippen LogP contribution is -2.40. The Hall–Kier alpha value is -3.81. The van der Waals surface area contributed by atoms with Crippen LogP contribution < -0.4 is 5.56 Å². The maximum absolute atomic E-state index is 13.6. The fourth-order valence-corrected chi connectivity index (χ4v) is 4.08. The minimum Gasteiger partial charge on any atom is -0.339 e. The van der Waals surface area contributed by atoms with E-state index < -0.39 is 0 Å². The van der Waals surface area contributed by atoms with Gasteiger partial charge in [0.25, 0.3) is 11.5 Å². The molecule has 4 aromatic rings. The molecule has 0 bridgehead atoms. The van der Waals surface area contributed by atoms with Crippen LogP contribution in [0.4, 0.5) is 0 Å². The lowest BCUT2D eigenvalue weighted by molar-refractivity contribution is 0.0690. The molecular weight excluding hydrogens is 394 g/mol. The molecule has 1 fully saturated rings. The number of rotatable bonds is 3. The van der Waals surface area contributed by atoms with Crippen molar-refractivity contribution in [1.29, 1.82) is 0 Å². The van der Waals surface area contributed by atoms with Crippen molar-refractivity contribution in [3.63, 3.8) is 0 Å². The number of nitrogens with zero attached hydrogens (tertiary/aromatic N) is 5. The molecule has 8 nitrogen and oxygen atoms in total. The molecule has 8 heteroatoms. The number of piperidine rings is 1. The minimum atomic E-state index is -0.254. The van der Waals surface area contributed by atoms with Crippen LogP contribution >= 0.6 is 0 Å². The fraction of sp³-hybridized carbons (Fsp3) is 0.261. The minimum absolute atomic E-state index is 0.00908. The molecule has 1 aliphatic heterocycles. The Bertz CT molecular complexity index is 1310. The van der Waals surface area contributed by atoms with Crippen molar-refractivity contribution in [3.8, 4) is 5.69 Å². The summed E-state index contributed by atoms with van der Waals surface area (Å²) in [6.07, 6.45) is 1.71. The molecule has 1 amide bonds. The molecule has 5 rings (SSSR count). The number of benzene rings is 2. The van der Waals surface area contributed by atoms with Crippen LogP contribution in [0.2, 0.25) is 0 Å². The van der Waals surface area contributed by atoms with Crippen molar-refractivity contribution >= 4 is 16.7 Å². The highest BCUT2D eigenvalue weighted by atomic mass is 16.5. The van der Waals surface area contributed by atoms with Gasteiger partial charge in [0, 0.05) is 18.5 Å². The number of para-hydroxylation sites is 1. The average molecular weight is 415 g/mol. The van der Waals surface area contributed by atoms with Gasteiger partial charge in [0.15, 0.2) is 11.5 Å². The third-order valence-corrected chi connectivity index (χ3v) is 5.61. The summed E-state index contributed by atoms with van der Waals surface area (Å²) in [5, 5.41) is 9.40. The first kappa shape index (κ1) is 19.2. The summed E-state index contributed by atoms with van der Waals surface area (Å²) in [4.78, 5) is 32.7. The first-order valence-electron chi connectivity index (χ1n) is 10.3. The summed E-state index contributed by atoms with van der Waals surface area (Å²) in [7, 11) is 0. The van der Waals surface area contributed by atoms with E-state index >= 15 is 0 Å². The van der Waals surface area contributed by atoms with Crippen molar-refractivity contribution in [2.75, 3.05) is 13.1 Å². The number of amides is 1. The monoisotopic (exact) mass is 415 g/mol. The standard InChI is InChI=1S/C23H21N5O3/c1-15-24-21(31-26-15)16-8-7-13-27(14-16)23(30)20-18-11-5-6-12-19(18)22(29)28(25-20)17-9-3-2-4-10-17/h2-6,9-12,16H,7-8,13-14H2,1H3. The summed E-state index contributed by atoms with van der Waals surface area (Å²) in [5.74, 6) is 0.926. The molecule has 31 heavy (non-hydrogen) atoms. The van der Waals surface area contributed by atoms with Crippen molar-refractivity contribution in [1.82, 2.24) is 24.8 Å². The Balaban J connectivity index is 1.57. The summed E-state index contributed by atoms with van der Waals surface area (Å²) < 4.78 is 6.64. The van der Waals surface area contributed by atoms with Crippen LogP contribution in [0.5, 0.6) is 0 Å². The maximum Gasteiger partial charge on any atom is 0.279 e. The van der Waals surface area contributed by atoms with Crippen LogP contribution in [0, 0.1) is 6.92 Å². The van der Waals surface area contributed by atoms with E-state index in [1.807, 2.05) is 24.3 Å². The van der Waals surface area contributed by atoms with Gasteiger partial charge in [0.05, 0.1) is 17.0 Å². The summed E-state index contributed by atoms with van der Waals surface area (Å²) >= 11 is 0. The third-order valence-electron chi connectivity index (χ3n) is 5.61. The second-order valence-corrected chi connectivity index (χ2v) is 7.72. The van der Waals surface area contributed by atoms with Crippen molar-refractivity contribution < 1.29 is 9.32 Å². The fourth-order valence-electron chi connectivity index (χ4n) is 4.08. The quantitative estimate of drug-likeness (QED) is 0.510. The molecule has 0 N–H and O–H groups in total. The van der Waals surface area contributed by atoms with Gasteiger partial charge in [-0.15, -0.1) is 0 Å². The van der Waals surface area contributed by atoms with Crippen molar-refractivity contribution in [2.24, 2.45) is 0 Å². The van der Waals surface area contributed by atoms with Gasteiger partial charge in [0.2, 0.25) is 5.89 Å². The van der Waals surface area contributed by atoms with Gasteiger partial charge in [-0.3, -0.25) is 9.59 Å². The summed E-state index contributed by atoms with van der Waals surface area (Å²) in [6.45, 7) is 2.87. The average Bonchev–Trinajstić information content (AvgIpc) is 3.26. The zero-order valence-electron chi connectivity index (χ0n) is 17.1. The second-order valence-electron chi connectivity index (χ2n) is 7.72. The van der Waals surface area contributed by atoms with Gasteiger partial charge in [0.1, 0.15) is 0 Å². The molecule has 0 spiro atoms. The SMILES string of the molecule is Cc1noc(C2CCCN(C(=O)c3nn(-c4ccccc4)c(=O)c4ccccc34)C2)n1. The Kier molecular flexibility index (Phi) is 4.82. The van der Waals surface area contributed by atoms with E-state index in [2.05, 4.69) is 15.2 Å². The van der Waals surface area contributed by atoms with Gasteiger partial charge in [-0.1, -0.05) is 41.6 Å². The zero-order chi connectivity index (χ0) is 21.4. The molecule has 1 aliphatic rings. The lowest BCUT2D eigenvalue weighted by atomic mass is 9.97. The Labute approximate surface area is 178 Å². The largest absolute Gasteiger partial charge is 0.339 e. The predicted molar refractivity (Wildman–Crippen MR) is 114 cm³/mol. The molecule has 1 atom stereocenters. The van der Waals surface area contributed by atoms with Crippen LogP contribution in [0.15, 0.2) is 63.9 Å². The molecule has 0 saturated carbocycles. The Morgan fingerprint density at radius 1 is 1.06 bits per heavy atom. The third kappa shape index (κ3) is 3.50. The maximum atomic E-state index is 13.6. The van der Waals surface area contributed by atoms with E-state index in [4.69, 9.17) is 4.52 Å². The van der Waals surface area contributed by atoms with Crippen LogP contribution in [0.25, 0.3) is 16.5 Å². The smallest absolute Gasteiger partial charge is 0.279 e. The topological polar surface area (TPSA) is 94.1 Å². The van der Waals surface area contributed by atoms with Crippen LogP contribution in [0.3, 0.4) is 0 Å². The van der Waals surface area contributed by atoms with Gasteiger partial charge in [-0.2, -0.15) is 14.8 Å². The van der Waals surface area contributed by atoms with E-state index in [1.54, 1.807) is 42.2 Å². The lowest BCUT2D eigenvalue weighted by Gasteiger charge is -2.31. The number of aryl methyl sites for hydroxylation is 1. The highest BCUT2D eigenvalue weighted by molar-refractivity contribution is 6.04. The summed E-state index contributed by atoms with van der Waals surface area (Å²) in [6, 6.07) is 16.2. The molecule has 3 heterocycles. The Morgan fingerprint density at radius 3 is 2.55 bits per heavy atom. The molecule has 1 unspecified atom stereocenters. The van der Waals surface area contributed by atoms with E-state index in [0.717, 1.165) is 12.8 Å². The highest BCUT2D eigenvalue weighted by Crippen LogP contribution is 2.27. The van der Waals surface area contributed by atoms with Crippen LogP contribution in [0.1, 0.15) is 41.0 Å². The number of aromatic nitrogens is 4. The normalized spacial score (nSPS) is 16.5. The van der Waals surface area contributed by atoms with Gasteiger partial charge in [-0.25, -0.2) is 0 Å². The van der Waals surface area contributed by atoms with E-state index in [9.17, 15) is 9.59 Å². The molecule has 2 aromatic carbocycles. The van der Waals surface area contributed by atoms with Crippen molar-refractivity contribution in [3.05, 3.63) is 82.4 Å². The van der Waals surface area contributed by atoms with Gasteiger partial charge < -0.3 is 9.42 Å². The van der Waals surface area contributed by atoms with E-state index in [1.165, 1.54) is 4.68 Å². The molecule has 156 valence electrons. The van der Waals surface area contributed by atoms with Gasteiger partial charge in [-0.05, 0) is 38.0 Å². The first-order valence-corrected chi connectivity index (χ1v) is 10.3. The summed E-state index contributed by atoms with van der Waals surface area (Å²) in [5.41, 5.74) is 0.628. The number of fused-ring (bicyclic) bond motifs is 1. The molecule has 1 saturated heterocycles.